The number of nitrogens with one attached hydrogen (secondary N) is 2. The quantitative estimate of drug-likeness (QED) is 0.398. The van der Waals surface area contributed by atoms with Crippen molar-refractivity contribution in [2.45, 2.75) is 32.9 Å². The van der Waals surface area contributed by atoms with Crippen LogP contribution in [0.4, 0.5) is 19.7 Å². The molecule has 4 rings (SSSR count). The molecule has 178 valence electrons. The van der Waals surface area contributed by atoms with E-state index >= 15 is 0 Å². The highest BCUT2D eigenvalue weighted by atomic mass is 32.1. The molecule has 0 fully saturated rings. The van der Waals surface area contributed by atoms with Crippen LogP contribution < -0.4 is 15.5 Å². The van der Waals surface area contributed by atoms with Crippen LogP contribution in [0.5, 0.6) is 0 Å². The summed E-state index contributed by atoms with van der Waals surface area (Å²) in [6, 6.07) is 12.3. The second kappa shape index (κ2) is 9.38. The van der Waals surface area contributed by atoms with Crippen LogP contribution in [0, 0.1) is 11.6 Å². The number of fused-ring (bicyclic) bond motifs is 1. The van der Waals surface area contributed by atoms with Crippen molar-refractivity contribution in [1.29, 1.82) is 0 Å². The summed E-state index contributed by atoms with van der Waals surface area (Å²) in [6.45, 7) is 6.47. The van der Waals surface area contributed by atoms with Gasteiger partial charge in [0, 0.05) is 24.7 Å². The Balaban J connectivity index is 1.54. The van der Waals surface area contributed by atoms with Crippen molar-refractivity contribution in [3.63, 3.8) is 0 Å². The molecule has 2 aromatic heterocycles. The monoisotopic (exact) mass is 484 g/mol. The van der Waals surface area contributed by atoms with Gasteiger partial charge in [-0.25, -0.2) is 13.8 Å². The smallest absolute Gasteiger partial charge is 0.239 e. The average Bonchev–Trinajstić information content (AvgIpc) is 3.32. The Morgan fingerprint density at radius 1 is 1.12 bits per heavy atom. The van der Waals surface area contributed by atoms with Crippen molar-refractivity contribution in [2.75, 3.05) is 23.8 Å². The number of likely N-dealkylation sites (N-methyl/N-ethyl adjacent to an activating group) is 1. The maximum atomic E-state index is 13.9. The van der Waals surface area contributed by atoms with Crippen LogP contribution in [0.15, 0.2) is 48.5 Å². The summed E-state index contributed by atoms with van der Waals surface area (Å²) >= 11 is 1.33. The lowest BCUT2D eigenvalue weighted by molar-refractivity contribution is -0.119. The molecule has 4 aromatic rings. The van der Waals surface area contributed by atoms with Crippen molar-refractivity contribution in [3.05, 3.63) is 65.7 Å². The van der Waals surface area contributed by atoms with Crippen LogP contribution in [-0.2, 0) is 11.3 Å². The maximum Gasteiger partial charge on any atom is 0.239 e. The van der Waals surface area contributed by atoms with E-state index in [1.165, 1.54) is 35.6 Å². The summed E-state index contributed by atoms with van der Waals surface area (Å²) in [5.74, 6) is -0.182. The number of benzene rings is 2. The van der Waals surface area contributed by atoms with Gasteiger partial charge in [-0.15, -0.1) is 5.10 Å². The molecule has 0 unspecified atom stereocenters. The van der Waals surface area contributed by atoms with Crippen molar-refractivity contribution in [1.82, 2.24) is 19.9 Å². The molecule has 0 aliphatic carbocycles. The Labute approximate surface area is 200 Å². The second-order valence-electron chi connectivity index (χ2n) is 9.03. The van der Waals surface area contributed by atoms with E-state index in [1.54, 1.807) is 34.7 Å². The second-order valence-corrected chi connectivity index (χ2v) is 9.97. The van der Waals surface area contributed by atoms with Gasteiger partial charge in [0.15, 0.2) is 5.82 Å². The fourth-order valence-corrected chi connectivity index (χ4v) is 4.20. The highest BCUT2D eigenvalue weighted by Crippen LogP contribution is 2.34. The first-order valence-electron chi connectivity index (χ1n) is 10.7. The number of amides is 1. The first-order valence-corrected chi connectivity index (χ1v) is 11.6. The average molecular weight is 485 g/mol. The third kappa shape index (κ3) is 5.51. The summed E-state index contributed by atoms with van der Waals surface area (Å²) in [7, 11) is 1.78. The molecule has 0 atom stereocenters. The molecular weight excluding hydrogens is 458 g/mol. The fraction of sp³-hybridized carbons (Fsp3) is 0.292. The first kappa shape index (κ1) is 23.6. The number of halogens is 2. The lowest BCUT2D eigenvalue weighted by atomic mass is 10.1. The highest BCUT2D eigenvalue weighted by Gasteiger charge is 2.23. The van der Waals surface area contributed by atoms with Crippen molar-refractivity contribution in [2.24, 2.45) is 0 Å². The molecular formula is C24H26F2N6OS. The number of aromatic nitrogens is 3. The van der Waals surface area contributed by atoms with Crippen LogP contribution in [0.25, 0.3) is 16.2 Å². The molecule has 0 bridgehead atoms. The number of nitrogens with zero attached hydrogens (tertiary/aromatic N) is 4. The minimum absolute atomic E-state index is 0.0939. The molecule has 0 aliphatic heterocycles. The number of rotatable bonds is 7. The van der Waals surface area contributed by atoms with E-state index in [4.69, 9.17) is 4.98 Å². The van der Waals surface area contributed by atoms with E-state index in [9.17, 15) is 13.6 Å². The first-order chi connectivity index (χ1) is 16.1. The van der Waals surface area contributed by atoms with Gasteiger partial charge in [-0.3, -0.25) is 4.79 Å². The lowest BCUT2D eigenvalue weighted by Gasteiger charge is -2.22. The van der Waals surface area contributed by atoms with E-state index in [2.05, 4.69) is 15.7 Å². The number of carbonyl (C=O) groups is 1. The zero-order valence-corrected chi connectivity index (χ0v) is 20.2. The maximum absolute atomic E-state index is 13.9. The molecule has 0 spiro atoms. The molecule has 10 heteroatoms. The van der Waals surface area contributed by atoms with Crippen LogP contribution >= 0.6 is 11.3 Å². The molecule has 0 aliphatic rings. The van der Waals surface area contributed by atoms with Crippen LogP contribution in [0.3, 0.4) is 0 Å². The highest BCUT2D eigenvalue weighted by molar-refractivity contribution is 7.20. The van der Waals surface area contributed by atoms with E-state index in [0.717, 1.165) is 5.56 Å². The van der Waals surface area contributed by atoms with Gasteiger partial charge < -0.3 is 15.5 Å². The zero-order valence-electron chi connectivity index (χ0n) is 19.4. The van der Waals surface area contributed by atoms with Gasteiger partial charge in [0.05, 0.1) is 6.54 Å². The Bertz CT molecular complexity index is 1310. The van der Waals surface area contributed by atoms with E-state index in [-0.39, 0.29) is 29.6 Å². The van der Waals surface area contributed by atoms with E-state index < -0.39 is 0 Å². The molecule has 0 saturated carbocycles. The molecule has 2 N–H and O–H groups in total. The largest absolute Gasteiger partial charge is 0.364 e. The topological polar surface area (TPSA) is 74.6 Å². The number of hydrogen-bond donors (Lipinski definition) is 2. The normalized spacial score (nSPS) is 11.6. The minimum atomic E-state index is -0.337. The minimum Gasteiger partial charge on any atom is -0.364 e. The summed E-state index contributed by atoms with van der Waals surface area (Å²) in [6.07, 6.45) is 0. The van der Waals surface area contributed by atoms with Gasteiger partial charge in [-0.2, -0.15) is 4.52 Å². The Morgan fingerprint density at radius 3 is 2.53 bits per heavy atom. The molecule has 0 saturated heterocycles. The lowest BCUT2D eigenvalue weighted by Crippen LogP contribution is -2.34. The third-order valence-electron chi connectivity index (χ3n) is 4.89. The molecule has 34 heavy (non-hydrogen) atoms. The molecule has 2 aromatic carbocycles. The standard InChI is InChI=1S/C24H26F2N6OS/c1-24(2,3)29-21-20(16-6-5-7-18(26)12-16)28-22-32(21)30-23(34-22)31(4)14-19(33)27-13-15-8-10-17(25)11-9-15/h5-12,29H,13-14H2,1-4H3,(H,27,33). The van der Waals surface area contributed by atoms with Crippen LogP contribution in [-0.4, -0.2) is 39.6 Å². The Hall–Kier alpha value is -3.53. The number of hydrogen-bond acceptors (Lipinski definition) is 6. The summed E-state index contributed by atoms with van der Waals surface area (Å²) < 4.78 is 28.6. The number of imidazole rings is 1. The van der Waals surface area contributed by atoms with Crippen molar-refractivity contribution >= 4 is 33.2 Å². The van der Waals surface area contributed by atoms with Gasteiger partial charge in [-0.05, 0) is 50.6 Å². The Morgan fingerprint density at radius 2 is 1.85 bits per heavy atom. The van der Waals surface area contributed by atoms with Crippen molar-refractivity contribution < 1.29 is 13.6 Å². The van der Waals surface area contributed by atoms with Gasteiger partial charge in [0.25, 0.3) is 0 Å². The van der Waals surface area contributed by atoms with Crippen LogP contribution in [0.1, 0.15) is 26.3 Å². The predicted octanol–water partition coefficient (Wildman–Crippen LogP) is 4.70. The Kier molecular flexibility index (Phi) is 6.52. The van der Waals surface area contributed by atoms with E-state index in [1.807, 2.05) is 26.8 Å². The van der Waals surface area contributed by atoms with Crippen molar-refractivity contribution in [3.8, 4) is 11.3 Å². The van der Waals surface area contributed by atoms with E-state index in [0.29, 0.717) is 33.7 Å². The number of carbonyl (C=O) groups excluding carboxylic acids is 1. The molecule has 0 radical (unpaired) electrons. The number of anilines is 2. The molecule has 2 heterocycles. The van der Waals surface area contributed by atoms with Gasteiger partial charge in [0.1, 0.15) is 17.3 Å². The fourth-order valence-electron chi connectivity index (χ4n) is 3.34. The summed E-state index contributed by atoms with van der Waals surface area (Å²) in [4.78, 5) is 19.5. The predicted molar refractivity (Wildman–Crippen MR) is 131 cm³/mol. The van der Waals surface area contributed by atoms with Crippen LogP contribution in [0.2, 0.25) is 0 Å². The van der Waals surface area contributed by atoms with Gasteiger partial charge >= 0.3 is 0 Å². The molecule has 7 nitrogen and oxygen atoms in total. The van der Waals surface area contributed by atoms with Gasteiger partial charge in [-0.1, -0.05) is 35.6 Å². The SMILES string of the molecule is CN(CC(=O)NCc1ccc(F)cc1)c1nn2c(NC(C)(C)C)c(-c3cccc(F)c3)nc2s1. The molecule has 1 amide bonds. The van der Waals surface area contributed by atoms with Gasteiger partial charge in [0.2, 0.25) is 16.0 Å². The summed E-state index contributed by atoms with van der Waals surface area (Å²) in [5.41, 5.74) is 1.79. The third-order valence-corrected chi connectivity index (χ3v) is 5.92. The zero-order chi connectivity index (χ0) is 24.5. The summed E-state index contributed by atoms with van der Waals surface area (Å²) in [5, 5.41) is 11.5.